The van der Waals surface area contributed by atoms with Crippen molar-refractivity contribution in [3.8, 4) is 0 Å². The molecule has 5 nitrogen and oxygen atoms in total. The molecular formula is C11H23N3O2. The van der Waals surface area contributed by atoms with Crippen LogP contribution in [-0.4, -0.2) is 55.2 Å². The molecule has 1 saturated heterocycles. The number of hydrogen-bond acceptors (Lipinski definition) is 3. The number of carbonyl (C=O) groups excluding carboxylic acids is 1. The molecule has 1 heterocycles. The molecule has 5 heteroatoms. The lowest BCUT2D eigenvalue weighted by atomic mass is 10.4. The fourth-order valence-electron chi connectivity index (χ4n) is 1.87. The largest absolute Gasteiger partial charge is 0.341 e. The zero-order valence-corrected chi connectivity index (χ0v) is 10.4. The summed E-state index contributed by atoms with van der Waals surface area (Å²) in [4.78, 5) is 20.7. The molecule has 0 saturated carbocycles. The second kappa shape index (κ2) is 7.46. The first-order chi connectivity index (χ1) is 7.77. The summed E-state index contributed by atoms with van der Waals surface area (Å²) in [5.74, 6) is 0. The molecule has 16 heavy (non-hydrogen) atoms. The first kappa shape index (κ1) is 13.3. The van der Waals surface area contributed by atoms with Crippen LogP contribution in [0, 0.1) is 0 Å². The van der Waals surface area contributed by atoms with Crippen LogP contribution in [0.25, 0.3) is 0 Å². The molecule has 0 aromatic heterocycles. The van der Waals surface area contributed by atoms with Crippen molar-refractivity contribution < 1.29 is 9.63 Å². The molecule has 0 aromatic rings. The highest BCUT2D eigenvalue weighted by Crippen LogP contribution is 2.05. The number of urea groups is 1. The van der Waals surface area contributed by atoms with Crippen LogP contribution in [0.2, 0.25) is 0 Å². The third-order valence-electron chi connectivity index (χ3n) is 2.92. The Morgan fingerprint density at radius 2 is 1.94 bits per heavy atom. The van der Waals surface area contributed by atoms with Gasteiger partial charge in [-0.15, -0.1) is 0 Å². The van der Waals surface area contributed by atoms with Crippen LogP contribution in [-0.2, 0) is 4.84 Å². The van der Waals surface area contributed by atoms with Crippen molar-refractivity contribution in [1.29, 1.82) is 0 Å². The van der Waals surface area contributed by atoms with E-state index < -0.39 is 0 Å². The van der Waals surface area contributed by atoms with Crippen molar-refractivity contribution in [2.24, 2.45) is 0 Å². The lowest BCUT2D eigenvalue weighted by molar-refractivity contribution is 0.0379. The maximum absolute atomic E-state index is 11.5. The van der Waals surface area contributed by atoms with E-state index in [1.54, 1.807) is 4.90 Å². The van der Waals surface area contributed by atoms with Gasteiger partial charge in [0, 0.05) is 19.6 Å². The van der Waals surface area contributed by atoms with Crippen molar-refractivity contribution in [3.63, 3.8) is 0 Å². The van der Waals surface area contributed by atoms with Crippen LogP contribution in [0.4, 0.5) is 4.79 Å². The number of carbonyl (C=O) groups is 1. The van der Waals surface area contributed by atoms with Gasteiger partial charge in [-0.3, -0.25) is 4.84 Å². The van der Waals surface area contributed by atoms with Gasteiger partial charge in [-0.2, -0.15) is 0 Å². The number of rotatable bonds is 6. The maximum atomic E-state index is 11.5. The van der Waals surface area contributed by atoms with Crippen LogP contribution in [0.5, 0.6) is 0 Å². The van der Waals surface area contributed by atoms with Crippen LogP contribution in [0.3, 0.4) is 0 Å². The summed E-state index contributed by atoms with van der Waals surface area (Å²) in [6.45, 7) is 9.10. The van der Waals surface area contributed by atoms with E-state index in [9.17, 15) is 4.79 Å². The molecular weight excluding hydrogens is 206 g/mol. The second-order valence-electron chi connectivity index (χ2n) is 3.98. The Hall–Kier alpha value is -0.810. The summed E-state index contributed by atoms with van der Waals surface area (Å²) >= 11 is 0. The van der Waals surface area contributed by atoms with Crippen molar-refractivity contribution in [2.45, 2.75) is 26.7 Å². The molecule has 0 radical (unpaired) electrons. The summed E-state index contributed by atoms with van der Waals surface area (Å²) in [5, 5.41) is 0. The van der Waals surface area contributed by atoms with E-state index in [0.29, 0.717) is 19.7 Å². The highest BCUT2D eigenvalue weighted by atomic mass is 16.7. The molecule has 1 N–H and O–H groups in total. The van der Waals surface area contributed by atoms with E-state index in [0.717, 1.165) is 19.6 Å². The molecule has 0 bridgehead atoms. The molecule has 1 fully saturated rings. The van der Waals surface area contributed by atoms with Gasteiger partial charge < -0.3 is 9.80 Å². The average molecular weight is 229 g/mol. The fourth-order valence-corrected chi connectivity index (χ4v) is 1.87. The molecule has 1 aliphatic rings. The van der Waals surface area contributed by atoms with Gasteiger partial charge in [0.05, 0.1) is 6.61 Å². The normalized spacial score (nSPS) is 16.4. The van der Waals surface area contributed by atoms with Gasteiger partial charge in [0.2, 0.25) is 0 Å². The topological polar surface area (TPSA) is 44.8 Å². The van der Waals surface area contributed by atoms with Crippen molar-refractivity contribution in [3.05, 3.63) is 0 Å². The zero-order valence-electron chi connectivity index (χ0n) is 10.4. The lowest BCUT2D eigenvalue weighted by Gasteiger charge is -2.19. The molecule has 2 amide bonds. The van der Waals surface area contributed by atoms with Gasteiger partial charge in [-0.1, -0.05) is 0 Å². The molecule has 1 aliphatic heterocycles. The number of likely N-dealkylation sites (tertiary alicyclic amines) is 1. The summed E-state index contributed by atoms with van der Waals surface area (Å²) < 4.78 is 0. The first-order valence-electron chi connectivity index (χ1n) is 6.17. The van der Waals surface area contributed by atoms with E-state index >= 15 is 0 Å². The van der Waals surface area contributed by atoms with Crippen molar-refractivity contribution >= 4 is 6.03 Å². The van der Waals surface area contributed by atoms with Crippen molar-refractivity contribution in [2.75, 3.05) is 39.3 Å². The molecule has 94 valence electrons. The summed E-state index contributed by atoms with van der Waals surface area (Å²) in [7, 11) is 0. The third-order valence-corrected chi connectivity index (χ3v) is 2.92. The highest BCUT2D eigenvalue weighted by molar-refractivity contribution is 5.72. The Morgan fingerprint density at radius 3 is 2.50 bits per heavy atom. The van der Waals surface area contributed by atoms with E-state index in [-0.39, 0.29) is 6.03 Å². The van der Waals surface area contributed by atoms with Crippen LogP contribution < -0.4 is 5.48 Å². The number of hydroxylamine groups is 1. The summed E-state index contributed by atoms with van der Waals surface area (Å²) in [5.41, 5.74) is 2.47. The molecule has 1 rings (SSSR count). The second-order valence-corrected chi connectivity index (χ2v) is 3.98. The van der Waals surface area contributed by atoms with Crippen LogP contribution in [0.15, 0.2) is 0 Å². The first-order valence-corrected chi connectivity index (χ1v) is 6.17. The minimum atomic E-state index is -0.147. The standard InChI is InChI=1S/C11H23N3O2/c1-3-14(4-2)11(15)12-16-10-9-13-7-5-6-8-13/h3-10H2,1-2H3,(H,12,15). The van der Waals surface area contributed by atoms with E-state index in [2.05, 4.69) is 10.4 Å². The van der Waals surface area contributed by atoms with Crippen LogP contribution >= 0.6 is 0 Å². The van der Waals surface area contributed by atoms with E-state index in [1.807, 2.05) is 13.8 Å². The Labute approximate surface area is 97.7 Å². The van der Waals surface area contributed by atoms with Gasteiger partial charge in [-0.25, -0.2) is 10.3 Å². The molecule has 0 unspecified atom stereocenters. The Kier molecular flexibility index (Phi) is 6.18. The monoisotopic (exact) mass is 229 g/mol. The smallest absolute Gasteiger partial charge is 0.324 e. The minimum absolute atomic E-state index is 0.147. The molecule has 0 aromatic carbocycles. The molecule has 0 spiro atoms. The number of amides is 2. The molecule has 0 aliphatic carbocycles. The predicted octanol–water partition coefficient (Wildman–Crippen LogP) is 1.07. The Morgan fingerprint density at radius 1 is 1.31 bits per heavy atom. The molecule has 0 atom stereocenters. The van der Waals surface area contributed by atoms with Crippen LogP contribution in [0.1, 0.15) is 26.7 Å². The summed E-state index contributed by atoms with van der Waals surface area (Å²) in [6.07, 6.45) is 2.57. The van der Waals surface area contributed by atoms with E-state index in [1.165, 1.54) is 12.8 Å². The van der Waals surface area contributed by atoms with E-state index in [4.69, 9.17) is 4.84 Å². The van der Waals surface area contributed by atoms with Gasteiger partial charge in [0.15, 0.2) is 0 Å². The third kappa shape index (κ3) is 4.37. The fraction of sp³-hybridized carbons (Fsp3) is 0.909. The van der Waals surface area contributed by atoms with Gasteiger partial charge in [-0.05, 0) is 39.8 Å². The number of hydrogen-bond donors (Lipinski definition) is 1. The number of nitrogens with zero attached hydrogens (tertiary/aromatic N) is 2. The van der Waals surface area contributed by atoms with Gasteiger partial charge in [0.1, 0.15) is 0 Å². The zero-order chi connectivity index (χ0) is 11.8. The lowest BCUT2D eigenvalue weighted by Crippen LogP contribution is -2.40. The average Bonchev–Trinajstić information content (AvgIpc) is 2.79. The Bertz CT molecular complexity index is 201. The highest BCUT2D eigenvalue weighted by Gasteiger charge is 2.12. The SMILES string of the molecule is CCN(CC)C(=O)NOCCN1CCCC1. The Balaban J connectivity index is 2.03. The van der Waals surface area contributed by atoms with Crippen molar-refractivity contribution in [1.82, 2.24) is 15.3 Å². The minimum Gasteiger partial charge on any atom is -0.324 e. The number of nitrogens with one attached hydrogen (secondary N) is 1. The predicted molar refractivity (Wildman–Crippen MR) is 63.1 cm³/mol. The summed E-state index contributed by atoms with van der Waals surface area (Å²) in [6, 6.07) is -0.147. The maximum Gasteiger partial charge on any atom is 0.341 e. The quantitative estimate of drug-likeness (QED) is 0.547. The van der Waals surface area contributed by atoms with Gasteiger partial charge in [0.25, 0.3) is 0 Å². The van der Waals surface area contributed by atoms with Gasteiger partial charge >= 0.3 is 6.03 Å².